The van der Waals surface area contributed by atoms with Gasteiger partial charge in [-0.25, -0.2) is 0 Å². The van der Waals surface area contributed by atoms with Crippen molar-refractivity contribution >= 4 is 35.0 Å². The second kappa shape index (κ2) is 8.68. The summed E-state index contributed by atoms with van der Waals surface area (Å²) in [4.78, 5) is 42.4. The van der Waals surface area contributed by atoms with E-state index in [1.807, 2.05) is 39.0 Å². The van der Waals surface area contributed by atoms with E-state index >= 15 is 0 Å². The van der Waals surface area contributed by atoms with Crippen LogP contribution in [0.5, 0.6) is 0 Å². The lowest BCUT2D eigenvalue weighted by Gasteiger charge is -2.35. The molecule has 8 heteroatoms. The van der Waals surface area contributed by atoms with E-state index in [9.17, 15) is 14.4 Å². The molecule has 5 rings (SSSR count). The van der Waals surface area contributed by atoms with Crippen LogP contribution in [0.4, 0.5) is 5.69 Å². The maximum Gasteiger partial charge on any atom is 0.246 e. The number of halogens is 1. The molecule has 1 aliphatic carbocycles. The average molecular weight is 486 g/mol. The Bertz CT molecular complexity index is 1050. The van der Waals surface area contributed by atoms with Crippen LogP contribution in [0.1, 0.15) is 51.5 Å². The minimum Gasteiger partial charge on any atom is -0.359 e. The van der Waals surface area contributed by atoms with Crippen LogP contribution >= 0.6 is 11.6 Å². The number of benzene rings is 1. The molecule has 2 bridgehead atoms. The number of anilines is 1. The molecule has 0 unspecified atom stereocenters. The molecule has 2 N–H and O–H groups in total. The van der Waals surface area contributed by atoms with E-state index < -0.39 is 29.6 Å². The van der Waals surface area contributed by atoms with Crippen LogP contribution in [-0.4, -0.2) is 52.5 Å². The van der Waals surface area contributed by atoms with Crippen molar-refractivity contribution < 1.29 is 19.1 Å². The summed E-state index contributed by atoms with van der Waals surface area (Å²) in [6.07, 6.45) is 8.42. The largest absolute Gasteiger partial charge is 0.359 e. The summed E-state index contributed by atoms with van der Waals surface area (Å²) >= 11 is 6.23. The highest BCUT2D eigenvalue weighted by Gasteiger charge is 2.73. The SMILES string of the molecule is Cc1ccc(NC(=O)[C@@H]2[C@H]3C=C[C@]4(O3)[C@H](C(=O)NC3CCCCC3)N(C(C)C)C(=O)[C@@H]24)cc1Cl. The van der Waals surface area contributed by atoms with Crippen LogP contribution in [0, 0.1) is 18.8 Å². The van der Waals surface area contributed by atoms with E-state index in [1.54, 1.807) is 17.0 Å². The summed E-state index contributed by atoms with van der Waals surface area (Å²) in [6.45, 7) is 5.69. The number of ether oxygens (including phenoxy) is 1. The first-order chi connectivity index (χ1) is 16.2. The fraction of sp³-hybridized carbons (Fsp3) is 0.577. The third-order valence-electron chi connectivity index (χ3n) is 7.81. The molecule has 182 valence electrons. The van der Waals surface area contributed by atoms with Gasteiger partial charge in [0.05, 0.1) is 17.9 Å². The lowest BCUT2D eigenvalue weighted by atomic mass is 9.74. The van der Waals surface area contributed by atoms with Crippen LogP contribution in [0.2, 0.25) is 5.02 Å². The first kappa shape index (κ1) is 23.4. The molecule has 1 aromatic rings. The molecule has 3 heterocycles. The zero-order valence-electron chi connectivity index (χ0n) is 19.8. The van der Waals surface area contributed by atoms with Crippen molar-refractivity contribution in [2.45, 2.75) is 82.7 Å². The number of carbonyl (C=O) groups excluding carboxylic acids is 3. The van der Waals surface area contributed by atoms with Crippen molar-refractivity contribution in [3.05, 3.63) is 40.9 Å². The monoisotopic (exact) mass is 485 g/mol. The molecule has 0 radical (unpaired) electrons. The van der Waals surface area contributed by atoms with Gasteiger partial charge in [-0.1, -0.05) is 49.1 Å². The molecule has 3 aliphatic heterocycles. The lowest BCUT2D eigenvalue weighted by molar-refractivity contribution is -0.143. The number of likely N-dealkylation sites (tertiary alicyclic amines) is 1. The van der Waals surface area contributed by atoms with Crippen LogP contribution in [0.3, 0.4) is 0 Å². The highest BCUT2D eigenvalue weighted by Crippen LogP contribution is 2.55. The normalized spacial score (nSPS) is 32.4. The van der Waals surface area contributed by atoms with Gasteiger partial charge in [0, 0.05) is 22.8 Å². The van der Waals surface area contributed by atoms with Crippen molar-refractivity contribution in [1.82, 2.24) is 10.2 Å². The molecule has 1 aromatic carbocycles. The number of hydrogen-bond donors (Lipinski definition) is 2. The summed E-state index contributed by atoms with van der Waals surface area (Å²) in [5.41, 5.74) is 0.354. The van der Waals surface area contributed by atoms with Crippen molar-refractivity contribution in [3.8, 4) is 0 Å². The average Bonchev–Trinajstić information content (AvgIpc) is 3.44. The molecule has 3 fully saturated rings. The Morgan fingerprint density at radius 3 is 2.59 bits per heavy atom. The standard InChI is InChI=1S/C26H32ClN3O4/c1-14(2)30-22(24(32)28-16-7-5-4-6-8-16)26-12-11-19(34-26)20(21(26)25(30)33)23(31)29-17-10-9-15(3)18(27)13-17/h9-14,16,19-22H,4-8H2,1-3H3,(H,28,32)(H,29,31)/t19-,20-,21-,22+,26-/m1/s1. The number of carbonyl (C=O) groups is 3. The van der Waals surface area contributed by atoms with Gasteiger partial charge >= 0.3 is 0 Å². The lowest BCUT2D eigenvalue weighted by Crippen LogP contribution is -2.57. The maximum absolute atomic E-state index is 13.7. The quantitative estimate of drug-likeness (QED) is 0.624. The zero-order valence-corrected chi connectivity index (χ0v) is 20.6. The Labute approximate surface area is 205 Å². The van der Waals surface area contributed by atoms with E-state index in [4.69, 9.17) is 16.3 Å². The predicted octanol–water partition coefficient (Wildman–Crippen LogP) is 3.59. The third-order valence-corrected chi connectivity index (χ3v) is 8.22. The second-order valence-electron chi connectivity index (χ2n) is 10.3. The van der Waals surface area contributed by atoms with Gasteiger partial charge in [0.25, 0.3) is 0 Å². The minimum atomic E-state index is -1.13. The van der Waals surface area contributed by atoms with Gasteiger partial charge in [-0.2, -0.15) is 0 Å². The molecular weight excluding hydrogens is 454 g/mol. The van der Waals surface area contributed by atoms with Crippen molar-refractivity contribution in [3.63, 3.8) is 0 Å². The Balaban J connectivity index is 1.43. The predicted molar refractivity (Wildman–Crippen MR) is 129 cm³/mol. The summed E-state index contributed by atoms with van der Waals surface area (Å²) in [5, 5.41) is 6.66. The van der Waals surface area contributed by atoms with E-state index in [2.05, 4.69) is 10.6 Å². The van der Waals surface area contributed by atoms with Gasteiger partial charge in [-0.15, -0.1) is 0 Å². The highest BCUT2D eigenvalue weighted by molar-refractivity contribution is 6.31. The fourth-order valence-electron chi connectivity index (χ4n) is 6.18. The smallest absolute Gasteiger partial charge is 0.246 e. The molecule has 5 atom stereocenters. The summed E-state index contributed by atoms with van der Waals surface area (Å²) in [7, 11) is 0. The van der Waals surface area contributed by atoms with E-state index in [-0.39, 0.29) is 29.8 Å². The van der Waals surface area contributed by atoms with Crippen LogP contribution in [-0.2, 0) is 19.1 Å². The molecule has 1 spiro atoms. The number of hydrogen-bond acceptors (Lipinski definition) is 4. The topological polar surface area (TPSA) is 87.7 Å². The Kier molecular flexibility index (Phi) is 5.97. The molecule has 7 nitrogen and oxygen atoms in total. The van der Waals surface area contributed by atoms with E-state index in [0.717, 1.165) is 31.2 Å². The van der Waals surface area contributed by atoms with E-state index in [1.165, 1.54) is 6.42 Å². The van der Waals surface area contributed by atoms with Crippen LogP contribution in [0.15, 0.2) is 30.4 Å². The summed E-state index contributed by atoms with van der Waals surface area (Å²) in [5.74, 6) is -2.15. The molecule has 3 amide bonds. The number of nitrogens with one attached hydrogen (secondary N) is 2. The summed E-state index contributed by atoms with van der Waals surface area (Å²) in [6, 6.07) is 4.45. The third kappa shape index (κ3) is 3.64. The molecule has 2 saturated heterocycles. The first-order valence-corrected chi connectivity index (χ1v) is 12.7. The number of nitrogens with zero attached hydrogens (tertiary/aromatic N) is 1. The van der Waals surface area contributed by atoms with Gasteiger partial charge in [0.1, 0.15) is 11.6 Å². The number of amides is 3. The molecular formula is C26H32ClN3O4. The number of rotatable bonds is 5. The second-order valence-corrected chi connectivity index (χ2v) is 10.7. The van der Waals surface area contributed by atoms with Gasteiger partial charge < -0.3 is 20.3 Å². The number of aryl methyl sites for hydroxylation is 1. The minimum absolute atomic E-state index is 0.119. The highest BCUT2D eigenvalue weighted by atomic mass is 35.5. The van der Waals surface area contributed by atoms with Crippen molar-refractivity contribution in [1.29, 1.82) is 0 Å². The molecule has 0 aromatic heterocycles. The van der Waals surface area contributed by atoms with E-state index in [0.29, 0.717) is 10.7 Å². The maximum atomic E-state index is 13.7. The van der Waals surface area contributed by atoms with Gasteiger partial charge in [-0.05, 0) is 51.3 Å². The van der Waals surface area contributed by atoms with Crippen molar-refractivity contribution in [2.24, 2.45) is 11.8 Å². The molecule has 4 aliphatic rings. The summed E-state index contributed by atoms with van der Waals surface area (Å²) < 4.78 is 6.35. The Morgan fingerprint density at radius 2 is 1.91 bits per heavy atom. The van der Waals surface area contributed by atoms with Crippen molar-refractivity contribution in [2.75, 3.05) is 5.32 Å². The number of fused-ring (bicyclic) bond motifs is 1. The van der Waals surface area contributed by atoms with Gasteiger partial charge in [0.2, 0.25) is 17.7 Å². The van der Waals surface area contributed by atoms with Crippen LogP contribution < -0.4 is 10.6 Å². The van der Waals surface area contributed by atoms with Crippen LogP contribution in [0.25, 0.3) is 0 Å². The van der Waals surface area contributed by atoms with Gasteiger partial charge in [0.15, 0.2) is 0 Å². The molecule has 1 saturated carbocycles. The zero-order chi connectivity index (χ0) is 24.2. The van der Waals surface area contributed by atoms with Gasteiger partial charge in [-0.3, -0.25) is 14.4 Å². The Morgan fingerprint density at radius 1 is 1.18 bits per heavy atom. The first-order valence-electron chi connectivity index (χ1n) is 12.3. The fourth-order valence-corrected chi connectivity index (χ4v) is 6.37. The Hall–Kier alpha value is -2.38. The molecule has 34 heavy (non-hydrogen) atoms.